The average molecular weight is 408 g/mol. The van der Waals surface area contributed by atoms with E-state index in [-0.39, 0.29) is 5.63 Å². The van der Waals surface area contributed by atoms with Crippen molar-refractivity contribution >= 4 is 11.0 Å². The van der Waals surface area contributed by atoms with Gasteiger partial charge in [-0.2, -0.15) is 0 Å². The van der Waals surface area contributed by atoms with E-state index in [0.29, 0.717) is 23.7 Å². The summed E-state index contributed by atoms with van der Waals surface area (Å²) in [6.45, 7) is 6.07. The Morgan fingerprint density at radius 1 is 1.00 bits per heavy atom. The highest BCUT2D eigenvalue weighted by Gasteiger charge is 2.15. The molecule has 0 saturated carbocycles. The van der Waals surface area contributed by atoms with E-state index in [9.17, 15) is 4.79 Å². The SMILES string of the molecule is COc1cc2oc(=O)cc(-c3ccccc3)c2cc1OCCCN1CCN(C)CC1. The maximum Gasteiger partial charge on any atom is 0.336 e. The minimum absolute atomic E-state index is 0.385. The van der Waals surface area contributed by atoms with Crippen molar-refractivity contribution in [2.24, 2.45) is 0 Å². The minimum atomic E-state index is -0.385. The summed E-state index contributed by atoms with van der Waals surface area (Å²) in [5.74, 6) is 1.23. The number of hydrogen-bond donors (Lipinski definition) is 0. The van der Waals surface area contributed by atoms with Gasteiger partial charge in [0.15, 0.2) is 11.5 Å². The Hall–Kier alpha value is -2.83. The van der Waals surface area contributed by atoms with E-state index in [1.165, 1.54) is 6.07 Å². The maximum atomic E-state index is 12.1. The highest BCUT2D eigenvalue weighted by atomic mass is 16.5. The summed E-state index contributed by atoms with van der Waals surface area (Å²) in [4.78, 5) is 16.9. The van der Waals surface area contributed by atoms with Crippen LogP contribution in [0.3, 0.4) is 0 Å². The highest BCUT2D eigenvalue weighted by Crippen LogP contribution is 2.36. The van der Waals surface area contributed by atoms with Gasteiger partial charge in [-0.25, -0.2) is 4.79 Å². The van der Waals surface area contributed by atoms with Crippen LogP contribution >= 0.6 is 0 Å². The zero-order chi connectivity index (χ0) is 20.9. The molecular weight excluding hydrogens is 380 g/mol. The lowest BCUT2D eigenvalue weighted by Gasteiger charge is -2.32. The normalized spacial score (nSPS) is 15.4. The molecule has 0 radical (unpaired) electrons. The summed E-state index contributed by atoms with van der Waals surface area (Å²) in [6, 6.07) is 15.0. The number of piperazine rings is 1. The third-order valence-electron chi connectivity index (χ3n) is 5.59. The number of likely N-dealkylation sites (N-methyl/N-ethyl adjacent to an activating group) is 1. The first-order chi connectivity index (χ1) is 14.6. The Morgan fingerprint density at radius 2 is 1.77 bits per heavy atom. The van der Waals surface area contributed by atoms with E-state index in [2.05, 4.69) is 16.8 Å². The predicted molar refractivity (Wildman–Crippen MR) is 119 cm³/mol. The topological polar surface area (TPSA) is 55.2 Å². The standard InChI is InChI=1S/C24H28N2O4/c1-25-10-12-26(13-11-25)9-6-14-29-23-15-20-19(18-7-4-3-5-8-18)16-24(27)30-21(20)17-22(23)28-2/h3-5,7-8,15-17H,6,9-14H2,1-2H3. The number of benzene rings is 2. The van der Waals surface area contributed by atoms with Crippen LogP contribution in [0.2, 0.25) is 0 Å². The highest BCUT2D eigenvalue weighted by molar-refractivity contribution is 5.95. The zero-order valence-electron chi connectivity index (χ0n) is 17.6. The van der Waals surface area contributed by atoms with E-state index in [0.717, 1.165) is 55.7 Å². The summed E-state index contributed by atoms with van der Waals surface area (Å²) in [5.41, 5.74) is 1.89. The smallest absolute Gasteiger partial charge is 0.336 e. The van der Waals surface area contributed by atoms with Gasteiger partial charge >= 0.3 is 5.63 Å². The van der Waals surface area contributed by atoms with Gasteiger partial charge in [-0.3, -0.25) is 0 Å². The van der Waals surface area contributed by atoms with Gasteiger partial charge in [0, 0.05) is 50.2 Å². The molecule has 0 aliphatic carbocycles. The van der Waals surface area contributed by atoms with Crippen molar-refractivity contribution in [1.29, 1.82) is 0 Å². The van der Waals surface area contributed by atoms with Crippen LogP contribution in [0, 0.1) is 0 Å². The average Bonchev–Trinajstić information content (AvgIpc) is 2.77. The molecule has 1 aromatic heterocycles. The van der Waals surface area contributed by atoms with Crippen molar-refractivity contribution in [3.05, 3.63) is 59.0 Å². The third-order valence-corrected chi connectivity index (χ3v) is 5.59. The van der Waals surface area contributed by atoms with Crippen molar-refractivity contribution < 1.29 is 13.9 Å². The van der Waals surface area contributed by atoms with Crippen molar-refractivity contribution in [2.45, 2.75) is 6.42 Å². The summed E-state index contributed by atoms with van der Waals surface area (Å²) in [6.07, 6.45) is 0.945. The largest absolute Gasteiger partial charge is 0.493 e. The predicted octanol–water partition coefficient (Wildman–Crippen LogP) is 3.48. The molecule has 2 aromatic carbocycles. The van der Waals surface area contributed by atoms with Gasteiger partial charge in [0.2, 0.25) is 0 Å². The van der Waals surface area contributed by atoms with Gasteiger partial charge < -0.3 is 23.7 Å². The van der Waals surface area contributed by atoms with Crippen LogP contribution in [0.5, 0.6) is 11.5 Å². The van der Waals surface area contributed by atoms with Crippen LogP contribution in [-0.4, -0.2) is 63.3 Å². The number of ether oxygens (including phenoxy) is 2. The van der Waals surface area contributed by atoms with Crippen LogP contribution < -0.4 is 15.1 Å². The van der Waals surface area contributed by atoms with Crippen molar-refractivity contribution in [2.75, 3.05) is 53.5 Å². The molecule has 0 unspecified atom stereocenters. The molecule has 0 amide bonds. The lowest BCUT2D eigenvalue weighted by molar-refractivity contribution is 0.145. The molecule has 0 N–H and O–H groups in total. The fourth-order valence-corrected chi connectivity index (χ4v) is 3.84. The van der Waals surface area contributed by atoms with Crippen LogP contribution in [0.15, 0.2) is 57.7 Å². The Balaban J connectivity index is 1.54. The summed E-state index contributed by atoms with van der Waals surface area (Å²) in [7, 11) is 3.76. The second-order valence-corrected chi connectivity index (χ2v) is 7.69. The number of fused-ring (bicyclic) bond motifs is 1. The summed E-state index contributed by atoms with van der Waals surface area (Å²) >= 11 is 0. The first-order valence-electron chi connectivity index (χ1n) is 10.4. The monoisotopic (exact) mass is 408 g/mol. The molecule has 1 saturated heterocycles. The second kappa shape index (κ2) is 9.32. The molecule has 1 fully saturated rings. The van der Waals surface area contributed by atoms with Gasteiger partial charge in [-0.15, -0.1) is 0 Å². The van der Waals surface area contributed by atoms with Gasteiger partial charge in [0.05, 0.1) is 13.7 Å². The van der Waals surface area contributed by atoms with Crippen LogP contribution in [0.1, 0.15) is 6.42 Å². The Labute approximate surface area is 176 Å². The zero-order valence-corrected chi connectivity index (χ0v) is 17.6. The lowest BCUT2D eigenvalue weighted by atomic mass is 10.0. The maximum absolute atomic E-state index is 12.1. The van der Waals surface area contributed by atoms with Gasteiger partial charge in [-0.1, -0.05) is 30.3 Å². The Morgan fingerprint density at radius 3 is 2.50 bits per heavy atom. The van der Waals surface area contributed by atoms with Crippen molar-refractivity contribution in [3.63, 3.8) is 0 Å². The lowest BCUT2D eigenvalue weighted by Crippen LogP contribution is -2.44. The van der Waals surface area contributed by atoms with E-state index < -0.39 is 0 Å². The van der Waals surface area contributed by atoms with Gasteiger partial charge in [0.25, 0.3) is 0 Å². The summed E-state index contributed by atoms with van der Waals surface area (Å²) < 4.78 is 17.0. The molecule has 0 spiro atoms. The third kappa shape index (κ3) is 4.66. The first kappa shape index (κ1) is 20.4. The van der Waals surface area contributed by atoms with Crippen LogP contribution in [0.4, 0.5) is 0 Å². The van der Waals surface area contributed by atoms with Gasteiger partial charge in [0.1, 0.15) is 5.58 Å². The van der Waals surface area contributed by atoms with E-state index in [4.69, 9.17) is 13.9 Å². The first-order valence-corrected chi connectivity index (χ1v) is 10.4. The second-order valence-electron chi connectivity index (χ2n) is 7.69. The number of nitrogens with zero attached hydrogens (tertiary/aromatic N) is 2. The molecule has 3 aromatic rings. The molecular formula is C24H28N2O4. The van der Waals surface area contributed by atoms with E-state index >= 15 is 0 Å². The molecule has 0 atom stereocenters. The fourth-order valence-electron chi connectivity index (χ4n) is 3.84. The fraction of sp³-hybridized carbons (Fsp3) is 0.375. The van der Waals surface area contributed by atoms with Crippen molar-refractivity contribution in [1.82, 2.24) is 9.80 Å². The molecule has 6 nitrogen and oxygen atoms in total. The minimum Gasteiger partial charge on any atom is -0.493 e. The molecule has 1 aliphatic heterocycles. The number of rotatable bonds is 7. The van der Waals surface area contributed by atoms with Crippen LogP contribution in [-0.2, 0) is 0 Å². The molecule has 6 heteroatoms. The Kier molecular flexibility index (Phi) is 6.35. The molecule has 0 bridgehead atoms. The molecule has 30 heavy (non-hydrogen) atoms. The number of hydrogen-bond acceptors (Lipinski definition) is 6. The molecule has 1 aliphatic rings. The molecule has 158 valence electrons. The quantitative estimate of drug-likeness (QED) is 0.441. The molecule has 2 heterocycles. The number of methoxy groups -OCH3 is 1. The summed E-state index contributed by atoms with van der Waals surface area (Å²) in [5, 5.41) is 0.829. The molecule has 4 rings (SSSR count). The van der Waals surface area contributed by atoms with E-state index in [1.54, 1.807) is 13.2 Å². The van der Waals surface area contributed by atoms with E-state index in [1.807, 2.05) is 36.4 Å². The van der Waals surface area contributed by atoms with Gasteiger partial charge in [-0.05, 0) is 30.7 Å². The Bertz CT molecular complexity index is 1040. The van der Waals surface area contributed by atoms with Crippen molar-refractivity contribution in [3.8, 4) is 22.6 Å². The van der Waals surface area contributed by atoms with Crippen LogP contribution in [0.25, 0.3) is 22.1 Å².